The van der Waals surface area contributed by atoms with Gasteiger partial charge in [-0.3, -0.25) is 4.79 Å². The summed E-state index contributed by atoms with van der Waals surface area (Å²) in [5, 5.41) is 128. The van der Waals surface area contributed by atoms with Crippen LogP contribution in [0.15, 0.2) is 11.6 Å². The Balaban J connectivity index is 0.977. The SMILES string of the molecule is CC(C)=CCCC(C)(OC1OC(COC2OCC(O)C(O)C2O)C(O)C(O)C1O)C1CCC2(C)C1C(=O)CC1C3(C)CCC(OC4OC(COC5OCC(O)C(O)C5O)C(O)C(O)C4O)C(C)(C)C3CCC12C. The zero-order valence-corrected chi connectivity index (χ0v) is 43.6. The van der Waals surface area contributed by atoms with Crippen LogP contribution in [0.4, 0.5) is 0 Å². The molecule has 27 atom stereocenters. The van der Waals surface area contributed by atoms with Crippen LogP contribution < -0.4 is 0 Å². The number of ether oxygens (including phenoxy) is 8. The van der Waals surface area contributed by atoms with Gasteiger partial charge in [0.25, 0.3) is 0 Å². The standard InChI is InChI=1S/C52H86O21/c1-23(2)10-9-14-52(8,73-47-43(65)39(61)37(59)29(71-47)22-69-45-41(63)35(57)27(55)20-67-45)24-11-16-51(7)33(24)25(53)18-31-49(5)15-13-32(48(3,4)30(49)12-17-50(31,51)6)72-46-42(64)38(60)36(58)28(70-46)21-68-44-40(62)34(56)26(54)19-66-44/h10,24,26-47,54-65H,9,11-22H2,1-8H3. The molecule has 0 aromatic heterocycles. The van der Waals surface area contributed by atoms with Crippen LogP contribution in [-0.4, -0.2) is 216 Å². The fourth-order valence-electron chi connectivity index (χ4n) is 15.3. The molecule has 4 aliphatic heterocycles. The van der Waals surface area contributed by atoms with E-state index < -0.39 is 152 Å². The van der Waals surface area contributed by atoms with Crippen molar-refractivity contribution in [2.24, 2.45) is 45.3 Å². The molecule has 8 rings (SSSR count). The molecule has 4 saturated carbocycles. The normalized spacial score (nSPS) is 51.8. The number of carbonyl (C=O) groups is 1. The molecular formula is C52H86O21. The summed E-state index contributed by atoms with van der Waals surface area (Å²) >= 11 is 0. The second-order valence-electron chi connectivity index (χ2n) is 24.7. The number of aliphatic hydroxyl groups is 12. The van der Waals surface area contributed by atoms with Crippen LogP contribution in [0, 0.1) is 45.3 Å². The van der Waals surface area contributed by atoms with E-state index in [0.29, 0.717) is 38.5 Å². The third kappa shape index (κ3) is 10.3. The molecule has 12 N–H and O–H groups in total. The van der Waals surface area contributed by atoms with E-state index in [0.717, 1.165) is 24.8 Å². The average molecular weight is 1050 g/mol. The van der Waals surface area contributed by atoms with Gasteiger partial charge in [-0.1, -0.05) is 46.3 Å². The van der Waals surface area contributed by atoms with Crippen molar-refractivity contribution in [2.75, 3.05) is 26.4 Å². The van der Waals surface area contributed by atoms with Crippen molar-refractivity contribution in [1.82, 2.24) is 0 Å². The zero-order chi connectivity index (χ0) is 53.5. The van der Waals surface area contributed by atoms with Crippen molar-refractivity contribution >= 4 is 5.78 Å². The number of hydrogen-bond acceptors (Lipinski definition) is 21. The molecule has 8 aliphatic rings. The smallest absolute Gasteiger partial charge is 0.187 e. The van der Waals surface area contributed by atoms with Gasteiger partial charge in [0.05, 0.1) is 38.1 Å². The minimum atomic E-state index is -1.72. The quantitative estimate of drug-likeness (QED) is 0.0755. The lowest BCUT2D eigenvalue weighted by molar-refractivity contribution is -0.344. The lowest BCUT2D eigenvalue weighted by atomic mass is 9.35. The molecule has 0 bridgehead atoms. The maximum Gasteiger partial charge on any atom is 0.187 e. The molecule has 0 aromatic carbocycles. The van der Waals surface area contributed by atoms with Crippen LogP contribution >= 0.6 is 0 Å². The molecule has 0 aromatic rings. The van der Waals surface area contributed by atoms with E-state index in [-0.39, 0.29) is 47.6 Å². The van der Waals surface area contributed by atoms with Crippen LogP contribution in [0.25, 0.3) is 0 Å². The maximum atomic E-state index is 15.3. The van der Waals surface area contributed by atoms with Gasteiger partial charge in [0, 0.05) is 12.3 Å². The summed E-state index contributed by atoms with van der Waals surface area (Å²) in [6.45, 7) is 15.7. The van der Waals surface area contributed by atoms with Crippen molar-refractivity contribution in [2.45, 2.75) is 235 Å². The average Bonchev–Trinajstić information content (AvgIpc) is 3.72. The highest BCUT2D eigenvalue weighted by Crippen LogP contribution is 2.75. The number of carbonyl (C=O) groups excluding carboxylic acids is 1. The van der Waals surface area contributed by atoms with Gasteiger partial charge in [-0.05, 0) is 112 Å². The first kappa shape index (κ1) is 57.8. The van der Waals surface area contributed by atoms with Gasteiger partial charge in [0.15, 0.2) is 25.2 Å². The van der Waals surface area contributed by atoms with Crippen LogP contribution in [0.5, 0.6) is 0 Å². The molecule has 21 nitrogen and oxygen atoms in total. The first-order valence-electron chi connectivity index (χ1n) is 26.5. The highest BCUT2D eigenvalue weighted by molar-refractivity contribution is 5.84. The first-order chi connectivity index (χ1) is 34.1. The highest BCUT2D eigenvalue weighted by atomic mass is 16.7. The van der Waals surface area contributed by atoms with E-state index >= 15 is 4.79 Å². The van der Waals surface area contributed by atoms with Crippen molar-refractivity contribution in [3.8, 4) is 0 Å². The summed E-state index contributed by atoms with van der Waals surface area (Å²) in [5.41, 5.74) is -1.59. The van der Waals surface area contributed by atoms with Crippen molar-refractivity contribution < 1.29 is 104 Å². The Labute approximate surface area is 427 Å². The lowest BCUT2D eigenvalue weighted by Crippen LogP contribution is -2.67. The van der Waals surface area contributed by atoms with E-state index in [1.807, 2.05) is 20.8 Å². The molecule has 4 saturated heterocycles. The largest absolute Gasteiger partial charge is 0.388 e. The Morgan fingerprint density at radius 1 is 0.616 bits per heavy atom. The second-order valence-corrected chi connectivity index (χ2v) is 24.7. The fraction of sp³-hybridized carbons (Fsp3) is 0.942. The lowest BCUT2D eigenvalue weighted by Gasteiger charge is -2.69. The number of fused-ring (bicyclic) bond motifs is 5. The second kappa shape index (κ2) is 21.7. The summed E-state index contributed by atoms with van der Waals surface area (Å²) in [4.78, 5) is 15.3. The summed E-state index contributed by atoms with van der Waals surface area (Å²) in [6.07, 6.45) is -19.5. The Kier molecular flexibility index (Phi) is 17.2. The first-order valence-corrected chi connectivity index (χ1v) is 26.5. The molecular weight excluding hydrogens is 961 g/mol. The van der Waals surface area contributed by atoms with Crippen LogP contribution in [-0.2, 0) is 42.7 Å². The number of rotatable bonds is 14. The molecule has 27 unspecified atom stereocenters. The van der Waals surface area contributed by atoms with Crippen LogP contribution in [0.1, 0.15) is 113 Å². The minimum absolute atomic E-state index is 0.00624. The summed E-state index contributed by atoms with van der Waals surface area (Å²) in [7, 11) is 0. The predicted octanol–water partition coefficient (Wildman–Crippen LogP) is -0.716. The van der Waals surface area contributed by atoms with Gasteiger partial charge in [-0.2, -0.15) is 0 Å². The topological polar surface area (TPSA) is 334 Å². The number of hydrogen-bond donors (Lipinski definition) is 12. The number of allylic oxidation sites excluding steroid dienone is 2. The third-order valence-corrected chi connectivity index (χ3v) is 19.9. The molecule has 0 amide bonds. The van der Waals surface area contributed by atoms with Crippen molar-refractivity contribution in [1.29, 1.82) is 0 Å². The van der Waals surface area contributed by atoms with E-state index in [1.54, 1.807) is 0 Å². The molecule has 0 spiro atoms. The third-order valence-electron chi connectivity index (χ3n) is 19.9. The summed E-state index contributed by atoms with van der Waals surface area (Å²) in [6, 6.07) is 0. The van der Waals surface area contributed by atoms with Gasteiger partial charge in [-0.25, -0.2) is 0 Å². The Morgan fingerprint density at radius 2 is 1.12 bits per heavy atom. The molecule has 8 fully saturated rings. The number of aliphatic hydroxyl groups excluding tert-OH is 12. The molecule has 21 heteroatoms. The van der Waals surface area contributed by atoms with Gasteiger partial charge in [0.2, 0.25) is 0 Å². The minimum Gasteiger partial charge on any atom is -0.388 e. The van der Waals surface area contributed by atoms with Gasteiger partial charge in [0.1, 0.15) is 91.2 Å². The molecule has 0 radical (unpaired) electrons. The Bertz CT molecular complexity index is 1940. The van der Waals surface area contributed by atoms with Crippen LogP contribution in [0.3, 0.4) is 0 Å². The Morgan fingerprint density at radius 3 is 1.67 bits per heavy atom. The monoisotopic (exact) mass is 1050 g/mol. The number of Topliss-reactive ketones (excluding diaryl/α,β-unsaturated/α-hetero) is 1. The molecule has 73 heavy (non-hydrogen) atoms. The van der Waals surface area contributed by atoms with Crippen molar-refractivity contribution in [3.05, 3.63) is 11.6 Å². The van der Waals surface area contributed by atoms with Crippen molar-refractivity contribution in [3.63, 3.8) is 0 Å². The fourth-order valence-corrected chi connectivity index (χ4v) is 15.3. The molecule has 420 valence electrons. The van der Waals surface area contributed by atoms with Crippen LogP contribution in [0.2, 0.25) is 0 Å². The number of ketones is 1. The van der Waals surface area contributed by atoms with E-state index in [1.165, 1.54) is 0 Å². The summed E-state index contributed by atoms with van der Waals surface area (Å²) < 4.78 is 47.8. The van der Waals surface area contributed by atoms with E-state index in [9.17, 15) is 61.3 Å². The van der Waals surface area contributed by atoms with Gasteiger partial charge >= 0.3 is 0 Å². The summed E-state index contributed by atoms with van der Waals surface area (Å²) in [5.74, 6) is -0.543. The molecule has 4 heterocycles. The molecule has 4 aliphatic carbocycles. The Hall–Kier alpha value is -1.39. The van der Waals surface area contributed by atoms with E-state index in [2.05, 4.69) is 40.7 Å². The maximum absolute atomic E-state index is 15.3. The van der Waals surface area contributed by atoms with Gasteiger partial charge < -0.3 is 99.2 Å². The predicted molar refractivity (Wildman–Crippen MR) is 253 cm³/mol. The van der Waals surface area contributed by atoms with E-state index in [4.69, 9.17) is 37.9 Å². The van der Waals surface area contributed by atoms with Gasteiger partial charge in [-0.15, -0.1) is 0 Å². The highest BCUT2D eigenvalue weighted by Gasteiger charge is 2.72. The zero-order valence-electron chi connectivity index (χ0n) is 43.6.